The molecule has 2 bridgehead atoms. The summed E-state index contributed by atoms with van der Waals surface area (Å²) < 4.78 is 0. The molecular formula is C9H12O. The highest BCUT2D eigenvalue weighted by atomic mass is 16.1. The largest absolute Gasteiger partial charge is 0.299 e. The van der Waals surface area contributed by atoms with Crippen LogP contribution < -0.4 is 0 Å². The summed E-state index contributed by atoms with van der Waals surface area (Å²) in [6.07, 6.45) is 2.63. The third-order valence-corrected chi connectivity index (χ3v) is 3.94. The topological polar surface area (TPSA) is 17.1 Å². The van der Waals surface area contributed by atoms with E-state index in [1.54, 1.807) is 0 Å². The second-order valence-electron chi connectivity index (χ2n) is 4.26. The number of rotatable bonds is 0. The van der Waals surface area contributed by atoms with Crippen LogP contribution in [0.4, 0.5) is 0 Å². The summed E-state index contributed by atoms with van der Waals surface area (Å²) in [6, 6.07) is 0. The summed E-state index contributed by atoms with van der Waals surface area (Å²) >= 11 is 0. The molecule has 0 heterocycles. The highest BCUT2D eigenvalue weighted by Gasteiger charge is 2.63. The van der Waals surface area contributed by atoms with Gasteiger partial charge in [0, 0.05) is 11.8 Å². The Morgan fingerprint density at radius 1 is 1.20 bits per heavy atom. The smallest absolute Gasteiger partial charge is 0.139 e. The van der Waals surface area contributed by atoms with Crippen LogP contribution in [0.15, 0.2) is 0 Å². The Hall–Kier alpha value is -0.330. The van der Waals surface area contributed by atoms with Crippen molar-refractivity contribution in [3.05, 3.63) is 0 Å². The molecule has 3 rings (SSSR count). The van der Waals surface area contributed by atoms with Crippen molar-refractivity contribution in [2.45, 2.75) is 19.8 Å². The first-order valence-electron chi connectivity index (χ1n) is 4.33. The lowest BCUT2D eigenvalue weighted by Gasteiger charge is -2.14. The predicted molar refractivity (Wildman–Crippen MR) is 37.4 cm³/mol. The second-order valence-corrected chi connectivity index (χ2v) is 4.26. The Morgan fingerprint density at radius 3 is 2.60 bits per heavy atom. The molecule has 0 N–H and O–H groups in total. The normalized spacial score (nSPS) is 62.9. The van der Waals surface area contributed by atoms with E-state index < -0.39 is 0 Å². The van der Waals surface area contributed by atoms with Crippen molar-refractivity contribution < 1.29 is 4.79 Å². The van der Waals surface area contributed by atoms with Gasteiger partial charge in [-0.15, -0.1) is 0 Å². The molecule has 0 aromatic carbocycles. The molecule has 1 nitrogen and oxygen atoms in total. The molecule has 3 saturated carbocycles. The maximum Gasteiger partial charge on any atom is 0.139 e. The summed E-state index contributed by atoms with van der Waals surface area (Å²) in [7, 11) is 0. The monoisotopic (exact) mass is 136 g/mol. The molecule has 10 heavy (non-hydrogen) atoms. The van der Waals surface area contributed by atoms with Crippen molar-refractivity contribution in [1.29, 1.82) is 0 Å². The summed E-state index contributed by atoms with van der Waals surface area (Å²) in [5.41, 5.74) is 0. The minimum Gasteiger partial charge on any atom is -0.299 e. The first kappa shape index (κ1) is 5.34. The van der Waals surface area contributed by atoms with Gasteiger partial charge in [0.25, 0.3) is 0 Å². The van der Waals surface area contributed by atoms with Crippen molar-refractivity contribution >= 4 is 5.78 Å². The van der Waals surface area contributed by atoms with E-state index in [0.717, 1.165) is 17.8 Å². The zero-order valence-corrected chi connectivity index (χ0v) is 6.21. The number of carbonyl (C=O) groups is 1. The van der Waals surface area contributed by atoms with E-state index in [9.17, 15) is 4.79 Å². The summed E-state index contributed by atoms with van der Waals surface area (Å²) in [4.78, 5) is 11.4. The number of ketones is 1. The fraction of sp³-hybridized carbons (Fsp3) is 0.889. The number of fused-ring (bicyclic) bond motifs is 5. The first-order valence-corrected chi connectivity index (χ1v) is 4.33. The van der Waals surface area contributed by atoms with Crippen LogP contribution in [0.5, 0.6) is 0 Å². The van der Waals surface area contributed by atoms with Gasteiger partial charge in [-0.25, -0.2) is 0 Å². The van der Waals surface area contributed by atoms with E-state index in [1.165, 1.54) is 12.8 Å². The molecule has 54 valence electrons. The van der Waals surface area contributed by atoms with Crippen LogP contribution in [-0.4, -0.2) is 5.78 Å². The van der Waals surface area contributed by atoms with Gasteiger partial charge in [-0.1, -0.05) is 6.92 Å². The van der Waals surface area contributed by atoms with E-state index in [4.69, 9.17) is 0 Å². The standard InChI is InChI=1S/C9H12O/c1-4-5-2-8(9(4)10)7-3-6(5)7/h4-8H,2-3H2,1H3/t4-,5-,6-,7-,8+/m0/s1. The lowest BCUT2D eigenvalue weighted by Crippen LogP contribution is -2.20. The quantitative estimate of drug-likeness (QED) is 0.493. The van der Waals surface area contributed by atoms with Gasteiger partial charge >= 0.3 is 0 Å². The maximum atomic E-state index is 11.4. The fourth-order valence-corrected chi connectivity index (χ4v) is 3.28. The lowest BCUT2D eigenvalue weighted by molar-refractivity contribution is -0.125. The molecule has 3 aliphatic carbocycles. The van der Waals surface area contributed by atoms with Crippen molar-refractivity contribution in [2.75, 3.05) is 0 Å². The van der Waals surface area contributed by atoms with Crippen LogP contribution in [0.1, 0.15) is 19.8 Å². The Morgan fingerprint density at radius 2 is 2.00 bits per heavy atom. The van der Waals surface area contributed by atoms with Gasteiger partial charge in [0.2, 0.25) is 0 Å². The first-order chi connectivity index (χ1) is 4.79. The Kier molecular flexibility index (Phi) is 0.704. The molecule has 1 heteroatoms. The number of Topliss-reactive ketones (excluding diaryl/α,β-unsaturated/α-hetero) is 1. The molecule has 0 aliphatic heterocycles. The van der Waals surface area contributed by atoms with Crippen molar-refractivity contribution in [3.8, 4) is 0 Å². The minimum atomic E-state index is 0.425. The summed E-state index contributed by atoms with van der Waals surface area (Å²) in [6.45, 7) is 2.13. The predicted octanol–water partition coefficient (Wildman–Crippen LogP) is 1.48. The molecule has 3 aliphatic rings. The van der Waals surface area contributed by atoms with Crippen LogP contribution >= 0.6 is 0 Å². The molecule has 0 radical (unpaired) electrons. The Bertz CT molecular complexity index is 209. The second kappa shape index (κ2) is 1.32. The molecular weight excluding hydrogens is 124 g/mol. The van der Waals surface area contributed by atoms with E-state index in [-0.39, 0.29) is 0 Å². The van der Waals surface area contributed by atoms with Crippen molar-refractivity contribution in [2.24, 2.45) is 29.6 Å². The van der Waals surface area contributed by atoms with E-state index in [2.05, 4.69) is 6.92 Å². The molecule has 0 spiro atoms. The van der Waals surface area contributed by atoms with E-state index in [1.807, 2.05) is 0 Å². The van der Waals surface area contributed by atoms with Gasteiger partial charge in [0.1, 0.15) is 5.78 Å². The van der Waals surface area contributed by atoms with E-state index in [0.29, 0.717) is 17.6 Å². The van der Waals surface area contributed by atoms with Crippen molar-refractivity contribution in [1.82, 2.24) is 0 Å². The Balaban J connectivity index is 2.03. The SMILES string of the molecule is C[C@@H]1C(=O)[C@@H]2C[C@@H]1[C@@H]1C[C@@H]12. The Labute approximate surface area is 60.8 Å². The summed E-state index contributed by atoms with van der Waals surface area (Å²) in [5.74, 6) is 4.18. The van der Waals surface area contributed by atoms with Crippen LogP contribution in [0, 0.1) is 29.6 Å². The van der Waals surface area contributed by atoms with Gasteiger partial charge in [-0.2, -0.15) is 0 Å². The molecule has 0 amide bonds. The molecule has 0 unspecified atom stereocenters. The highest BCUT2D eigenvalue weighted by molar-refractivity contribution is 5.87. The van der Waals surface area contributed by atoms with Gasteiger partial charge in [-0.05, 0) is 30.6 Å². The zero-order chi connectivity index (χ0) is 6.88. The van der Waals surface area contributed by atoms with Crippen LogP contribution in [0.2, 0.25) is 0 Å². The average Bonchev–Trinajstić information content (AvgIpc) is 2.57. The van der Waals surface area contributed by atoms with Crippen molar-refractivity contribution in [3.63, 3.8) is 0 Å². The number of hydrogen-bond acceptors (Lipinski definition) is 1. The highest BCUT2D eigenvalue weighted by Crippen LogP contribution is 2.65. The average molecular weight is 136 g/mol. The van der Waals surface area contributed by atoms with Gasteiger partial charge < -0.3 is 0 Å². The number of carbonyl (C=O) groups excluding carboxylic acids is 1. The maximum absolute atomic E-state index is 11.4. The van der Waals surface area contributed by atoms with Crippen LogP contribution in [0.25, 0.3) is 0 Å². The molecule has 3 fully saturated rings. The molecule has 0 aromatic heterocycles. The molecule has 0 saturated heterocycles. The number of hydrogen-bond donors (Lipinski definition) is 0. The third kappa shape index (κ3) is 0.388. The minimum absolute atomic E-state index is 0.425. The van der Waals surface area contributed by atoms with E-state index >= 15 is 0 Å². The van der Waals surface area contributed by atoms with Gasteiger partial charge in [0.15, 0.2) is 0 Å². The van der Waals surface area contributed by atoms with Crippen LogP contribution in [0.3, 0.4) is 0 Å². The van der Waals surface area contributed by atoms with Crippen LogP contribution in [-0.2, 0) is 4.79 Å². The van der Waals surface area contributed by atoms with Gasteiger partial charge in [-0.3, -0.25) is 4.79 Å². The molecule has 0 aromatic rings. The summed E-state index contributed by atoms with van der Waals surface area (Å²) in [5, 5.41) is 0. The zero-order valence-electron chi connectivity index (χ0n) is 6.21. The fourth-order valence-electron chi connectivity index (χ4n) is 3.28. The third-order valence-electron chi connectivity index (χ3n) is 3.94. The lowest BCUT2D eigenvalue weighted by atomic mass is 9.89. The molecule has 5 atom stereocenters. The van der Waals surface area contributed by atoms with Gasteiger partial charge in [0.05, 0.1) is 0 Å².